The number of Topliss-reactive ketones (excluding diaryl/α,β-unsaturated/α-hetero) is 1. The summed E-state index contributed by atoms with van der Waals surface area (Å²) in [5, 5.41) is 0. The lowest BCUT2D eigenvalue weighted by Crippen LogP contribution is -2.03. The minimum Gasteiger partial charge on any atom is -0.294 e. The Morgan fingerprint density at radius 3 is 2.56 bits per heavy atom. The summed E-state index contributed by atoms with van der Waals surface area (Å²) >= 11 is 3.36. The van der Waals surface area contributed by atoms with E-state index in [1.165, 1.54) is 0 Å². The van der Waals surface area contributed by atoms with E-state index in [-0.39, 0.29) is 5.78 Å². The minimum atomic E-state index is 0.0930. The number of hydrogen-bond acceptors (Lipinski definition) is 2. The van der Waals surface area contributed by atoms with Gasteiger partial charge in [0.25, 0.3) is 0 Å². The number of aromatic nitrogens is 1. The highest BCUT2D eigenvalue weighted by molar-refractivity contribution is 9.10. The fourth-order valence-corrected chi connectivity index (χ4v) is 1.68. The van der Waals surface area contributed by atoms with Crippen LogP contribution in [0.1, 0.15) is 15.9 Å². The lowest BCUT2D eigenvalue weighted by molar-refractivity contribution is 0.0992. The SMILES string of the molecule is O=C(Cc1ccc(Br)cc1)c1cccnc1. The van der Waals surface area contributed by atoms with Crippen LogP contribution in [0.3, 0.4) is 0 Å². The number of rotatable bonds is 3. The number of benzene rings is 1. The Balaban J connectivity index is 2.11. The zero-order valence-corrected chi connectivity index (χ0v) is 10.1. The Morgan fingerprint density at radius 2 is 1.94 bits per heavy atom. The summed E-state index contributed by atoms with van der Waals surface area (Å²) in [5.74, 6) is 0.0930. The maximum absolute atomic E-state index is 11.8. The van der Waals surface area contributed by atoms with E-state index in [1.807, 2.05) is 24.3 Å². The Bertz CT molecular complexity index is 479. The van der Waals surface area contributed by atoms with E-state index in [9.17, 15) is 4.79 Å². The largest absolute Gasteiger partial charge is 0.294 e. The van der Waals surface area contributed by atoms with E-state index in [0.717, 1.165) is 10.0 Å². The van der Waals surface area contributed by atoms with E-state index in [4.69, 9.17) is 0 Å². The fourth-order valence-electron chi connectivity index (χ4n) is 1.42. The molecule has 0 fully saturated rings. The number of ketones is 1. The summed E-state index contributed by atoms with van der Waals surface area (Å²) < 4.78 is 1.02. The standard InChI is InChI=1S/C13H10BrNO/c14-12-5-3-10(4-6-12)8-13(16)11-2-1-7-15-9-11/h1-7,9H,8H2. The summed E-state index contributed by atoms with van der Waals surface area (Å²) in [7, 11) is 0. The van der Waals surface area contributed by atoms with Gasteiger partial charge in [0.1, 0.15) is 0 Å². The molecule has 1 heterocycles. The Labute approximate surface area is 102 Å². The van der Waals surface area contributed by atoms with Crippen molar-refractivity contribution >= 4 is 21.7 Å². The molecule has 3 heteroatoms. The molecule has 0 atom stereocenters. The molecule has 1 aromatic carbocycles. The van der Waals surface area contributed by atoms with Crippen LogP contribution < -0.4 is 0 Å². The van der Waals surface area contributed by atoms with Gasteiger partial charge in [0, 0.05) is 28.9 Å². The Morgan fingerprint density at radius 1 is 1.19 bits per heavy atom. The molecular formula is C13H10BrNO. The molecule has 2 rings (SSSR count). The van der Waals surface area contributed by atoms with Crippen LogP contribution in [-0.2, 0) is 6.42 Å². The highest BCUT2D eigenvalue weighted by Crippen LogP contribution is 2.12. The first-order valence-corrected chi connectivity index (χ1v) is 5.72. The van der Waals surface area contributed by atoms with Crippen molar-refractivity contribution in [3.05, 3.63) is 64.4 Å². The van der Waals surface area contributed by atoms with Crippen LogP contribution in [0.2, 0.25) is 0 Å². The van der Waals surface area contributed by atoms with Crippen molar-refractivity contribution in [3.8, 4) is 0 Å². The van der Waals surface area contributed by atoms with Crippen molar-refractivity contribution in [2.24, 2.45) is 0 Å². The summed E-state index contributed by atoms with van der Waals surface area (Å²) in [5.41, 5.74) is 1.67. The average molecular weight is 276 g/mol. The predicted octanol–water partition coefficient (Wildman–Crippen LogP) is 3.27. The number of pyridine rings is 1. The van der Waals surface area contributed by atoms with Gasteiger partial charge in [-0.25, -0.2) is 0 Å². The second-order valence-corrected chi connectivity index (χ2v) is 4.38. The smallest absolute Gasteiger partial charge is 0.168 e. The fraction of sp³-hybridized carbons (Fsp3) is 0.0769. The van der Waals surface area contributed by atoms with Crippen LogP contribution in [0.25, 0.3) is 0 Å². The van der Waals surface area contributed by atoms with E-state index in [2.05, 4.69) is 20.9 Å². The van der Waals surface area contributed by atoms with Crippen LogP contribution >= 0.6 is 15.9 Å². The number of carbonyl (C=O) groups is 1. The molecule has 0 N–H and O–H groups in total. The summed E-state index contributed by atoms with van der Waals surface area (Å²) in [6.45, 7) is 0. The summed E-state index contributed by atoms with van der Waals surface area (Å²) in [6.07, 6.45) is 3.68. The second-order valence-electron chi connectivity index (χ2n) is 3.47. The Kier molecular flexibility index (Phi) is 3.47. The van der Waals surface area contributed by atoms with Crippen LogP contribution in [0.5, 0.6) is 0 Å². The Hall–Kier alpha value is -1.48. The lowest BCUT2D eigenvalue weighted by atomic mass is 10.0. The minimum absolute atomic E-state index is 0.0930. The molecule has 0 saturated heterocycles. The van der Waals surface area contributed by atoms with Gasteiger partial charge in [0.05, 0.1) is 0 Å². The van der Waals surface area contributed by atoms with Crippen molar-refractivity contribution in [1.29, 1.82) is 0 Å². The molecule has 80 valence electrons. The first kappa shape index (κ1) is 11.0. The lowest BCUT2D eigenvalue weighted by Gasteiger charge is -2.01. The highest BCUT2D eigenvalue weighted by atomic mass is 79.9. The molecule has 16 heavy (non-hydrogen) atoms. The molecule has 0 amide bonds. The highest BCUT2D eigenvalue weighted by Gasteiger charge is 2.06. The maximum atomic E-state index is 11.8. The van der Waals surface area contributed by atoms with E-state index in [1.54, 1.807) is 24.5 Å². The number of halogens is 1. The van der Waals surface area contributed by atoms with Crippen LogP contribution in [0.4, 0.5) is 0 Å². The third-order valence-electron chi connectivity index (χ3n) is 2.26. The molecule has 0 unspecified atom stereocenters. The topological polar surface area (TPSA) is 30.0 Å². The van der Waals surface area contributed by atoms with E-state index in [0.29, 0.717) is 12.0 Å². The normalized spacial score (nSPS) is 10.1. The van der Waals surface area contributed by atoms with Crippen LogP contribution in [0, 0.1) is 0 Å². The molecule has 0 spiro atoms. The van der Waals surface area contributed by atoms with E-state index >= 15 is 0 Å². The summed E-state index contributed by atoms with van der Waals surface area (Å²) in [6, 6.07) is 11.3. The van der Waals surface area contributed by atoms with Crippen molar-refractivity contribution in [2.45, 2.75) is 6.42 Å². The van der Waals surface area contributed by atoms with Crippen molar-refractivity contribution in [1.82, 2.24) is 4.98 Å². The van der Waals surface area contributed by atoms with Gasteiger partial charge in [-0.15, -0.1) is 0 Å². The number of nitrogens with zero attached hydrogens (tertiary/aromatic N) is 1. The van der Waals surface area contributed by atoms with E-state index < -0.39 is 0 Å². The van der Waals surface area contributed by atoms with Crippen molar-refractivity contribution in [3.63, 3.8) is 0 Å². The van der Waals surface area contributed by atoms with Gasteiger partial charge in [-0.3, -0.25) is 9.78 Å². The maximum Gasteiger partial charge on any atom is 0.168 e. The molecule has 0 aliphatic carbocycles. The second kappa shape index (κ2) is 5.03. The van der Waals surface area contributed by atoms with Gasteiger partial charge in [0.15, 0.2) is 5.78 Å². The van der Waals surface area contributed by atoms with Crippen LogP contribution in [0.15, 0.2) is 53.3 Å². The zero-order chi connectivity index (χ0) is 11.4. The molecule has 1 aromatic heterocycles. The molecule has 0 saturated carbocycles. The molecule has 0 bridgehead atoms. The number of carbonyl (C=O) groups excluding carboxylic acids is 1. The average Bonchev–Trinajstić information content (AvgIpc) is 2.33. The van der Waals surface area contributed by atoms with Crippen molar-refractivity contribution in [2.75, 3.05) is 0 Å². The van der Waals surface area contributed by atoms with Gasteiger partial charge >= 0.3 is 0 Å². The monoisotopic (exact) mass is 275 g/mol. The third-order valence-corrected chi connectivity index (χ3v) is 2.79. The number of hydrogen-bond donors (Lipinski definition) is 0. The third kappa shape index (κ3) is 2.76. The quantitative estimate of drug-likeness (QED) is 0.805. The van der Waals surface area contributed by atoms with Gasteiger partial charge < -0.3 is 0 Å². The van der Waals surface area contributed by atoms with Gasteiger partial charge in [-0.1, -0.05) is 28.1 Å². The first-order chi connectivity index (χ1) is 7.75. The molecule has 0 aliphatic rings. The molecule has 2 aromatic rings. The summed E-state index contributed by atoms with van der Waals surface area (Å²) in [4.78, 5) is 15.8. The van der Waals surface area contributed by atoms with Gasteiger partial charge in [-0.05, 0) is 29.8 Å². The van der Waals surface area contributed by atoms with Crippen LogP contribution in [-0.4, -0.2) is 10.8 Å². The first-order valence-electron chi connectivity index (χ1n) is 4.93. The van der Waals surface area contributed by atoms with Gasteiger partial charge in [0.2, 0.25) is 0 Å². The predicted molar refractivity (Wildman–Crippen MR) is 66.4 cm³/mol. The van der Waals surface area contributed by atoms with Crippen molar-refractivity contribution < 1.29 is 4.79 Å². The van der Waals surface area contributed by atoms with Gasteiger partial charge in [-0.2, -0.15) is 0 Å². The zero-order valence-electron chi connectivity index (χ0n) is 8.56. The molecule has 0 aliphatic heterocycles. The molecular weight excluding hydrogens is 266 g/mol. The molecule has 0 radical (unpaired) electrons. The molecule has 2 nitrogen and oxygen atoms in total.